The first-order valence-corrected chi connectivity index (χ1v) is 6.22. The van der Waals surface area contributed by atoms with E-state index in [-0.39, 0.29) is 5.91 Å². The third-order valence-electron chi connectivity index (χ3n) is 1.94. The molecule has 0 aliphatic rings. The van der Waals surface area contributed by atoms with Gasteiger partial charge in [-0.1, -0.05) is 18.5 Å². The third-order valence-corrected chi connectivity index (χ3v) is 3.14. The molecule has 1 amide bonds. The number of pyridine rings is 1. The van der Waals surface area contributed by atoms with Gasteiger partial charge in [-0.3, -0.25) is 4.79 Å². The maximum Gasteiger partial charge on any atom is 0.252 e. The molecule has 1 N–H and O–H groups in total. The predicted octanol–water partition coefficient (Wildman–Crippen LogP) is 2.22. The second-order valence-corrected chi connectivity index (χ2v) is 4.79. The van der Waals surface area contributed by atoms with Crippen LogP contribution in [-0.2, 0) is 0 Å². The Morgan fingerprint density at radius 1 is 1.67 bits per heavy atom. The van der Waals surface area contributed by atoms with Gasteiger partial charge in [0.15, 0.2) is 0 Å². The van der Waals surface area contributed by atoms with Crippen molar-refractivity contribution in [2.24, 2.45) is 0 Å². The second-order valence-electron chi connectivity index (χ2n) is 3.13. The molecule has 0 spiro atoms. The Morgan fingerprint density at radius 3 is 2.93 bits per heavy atom. The Morgan fingerprint density at radius 2 is 2.40 bits per heavy atom. The molecule has 1 unspecified atom stereocenters. The van der Waals surface area contributed by atoms with Gasteiger partial charge in [0, 0.05) is 18.0 Å². The highest BCUT2D eigenvalue weighted by atomic mass is 35.5. The van der Waals surface area contributed by atoms with Gasteiger partial charge in [0.1, 0.15) is 5.15 Å². The fourth-order valence-corrected chi connectivity index (χ4v) is 1.29. The molecule has 0 saturated carbocycles. The molecule has 1 aromatic heterocycles. The van der Waals surface area contributed by atoms with E-state index < -0.39 is 0 Å². The molecule has 0 aliphatic carbocycles. The maximum absolute atomic E-state index is 11.6. The third kappa shape index (κ3) is 4.10. The van der Waals surface area contributed by atoms with Gasteiger partial charge in [0.2, 0.25) is 0 Å². The van der Waals surface area contributed by atoms with Crippen LogP contribution in [0, 0.1) is 0 Å². The predicted molar refractivity (Wildman–Crippen MR) is 64.6 cm³/mol. The van der Waals surface area contributed by atoms with Crippen LogP contribution in [0.15, 0.2) is 18.3 Å². The van der Waals surface area contributed by atoms with Crippen molar-refractivity contribution in [2.75, 3.05) is 12.8 Å². The molecule has 0 aromatic carbocycles. The fourth-order valence-electron chi connectivity index (χ4n) is 0.932. The van der Waals surface area contributed by atoms with E-state index in [4.69, 9.17) is 11.6 Å². The molecule has 1 rings (SSSR count). The van der Waals surface area contributed by atoms with Gasteiger partial charge in [-0.05, 0) is 18.4 Å². The van der Waals surface area contributed by atoms with Crippen molar-refractivity contribution in [3.8, 4) is 0 Å². The Hall–Kier alpha value is -0.740. The number of carbonyl (C=O) groups is 1. The van der Waals surface area contributed by atoms with Gasteiger partial charge in [0.05, 0.1) is 5.56 Å². The lowest BCUT2D eigenvalue weighted by molar-refractivity contribution is 0.0954. The quantitative estimate of drug-likeness (QED) is 0.826. The van der Waals surface area contributed by atoms with Gasteiger partial charge in [0.25, 0.3) is 5.91 Å². The number of aromatic nitrogens is 1. The SMILES string of the molecule is CSC(C)CNC(=O)c1ccc(Cl)nc1. The number of carbonyl (C=O) groups excluding carboxylic acids is 1. The summed E-state index contributed by atoms with van der Waals surface area (Å²) < 4.78 is 0. The van der Waals surface area contributed by atoms with Gasteiger partial charge in [-0.15, -0.1) is 0 Å². The summed E-state index contributed by atoms with van der Waals surface area (Å²) >= 11 is 7.33. The van der Waals surface area contributed by atoms with Gasteiger partial charge in [-0.2, -0.15) is 11.8 Å². The van der Waals surface area contributed by atoms with Crippen LogP contribution in [0.3, 0.4) is 0 Å². The molecule has 0 radical (unpaired) electrons. The molecule has 0 saturated heterocycles. The van der Waals surface area contributed by atoms with E-state index in [1.807, 2.05) is 6.26 Å². The molecular weight excluding hydrogens is 232 g/mol. The number of halogens is 1. The molecule has 0 aliphatic heterocycles. The van der Waals surface area contributed by atoms with Crippen molar-refractivity contribution in [1.82, 2.24) is 10.3 Å². The topological polar surface area (TPSA) is 42.0 Å². The highest BCUT2D eigenvalue weighted by Gasteiger charge is 2.07. The number of hydrogen-bond donors (Lipinski definition) is 1. The van der Waals surface area contributed by atoms with Crippen molar-refractivity contribution in [1.29, 1.82) is 0 Å². The molecule has 15 heavy (non-hydrogen) atoms. The minimum atomic E-state index is -0.111. The maximum atomic E-state index is 11.6. The van der Waals surface area contributed by atoms with Crippen molar-refractivity contribution in [3.63, 3.8) is 0 Å². The van der Waals surface area contributed by atoms with Crippen LogP contribution in [0.1, 0.15) is 17.3 Å². The van der Waals surface area contributed by atoms with Crippen LogP contribution in [0.2, 0.25) is 5.15 Å². The van der Waals surface area contributed by atoms with Crippen molar-refractivity contribution >= 4 is 29.3 Å². The van der Waals surface area contributed by atoms with E-state index in [1.54, 1.807) is 23.9 Å². The van der Waals surface area contributed by atoms with E-state index >= 15 is 0 Å². The summed E-state index contributed by atoms with van der Waals surface area (Å²) in [5.74, 6) is -0.111. The largest absolute Gasteiger partial charge is 0.351 e. The van der Waals surface area contributed by atoms with Crippen molar-refractivity contribution in [3.05, 3.63) is 29.0 Å². The molecular formula is C10H13ClN2OS. The van der Waals surface area contributed by atoms with E-state index in [0.29, 0.717) is 22.5 Å². The smallest absolute Gasteiger partial charge is 0.252 e. The summed E-state index contributed by atoms with van der Waals surface area (Å²) in [6, 6.07) is 3.27. The van der Waals surface area contributed by atoms with Crippen LogP contribution >= 0.6 is 23.4 Å². The standard InChI is InChI=1S/C10H13ClN2OS/c1-7(15-2)5-13-10(14)8-3-4-9(11)12-6-8/h3-4,6-7H,5H2,1-2H3,(H,13,14). The lowest BCUT2D eigenvalue weighted by atomic mass is 10.2. The zero-order valence-electron chi connectivity index (χ0n) is 8.66. The van der Waals surface area contributed by atoms with Crippen molar-refractivity contribution in [2.45, 2.75) is 12.2 Å². The lowest BCUT2D eigenvalue weighted by Gasteiger charge is -2.09. The average Bonchev–Trinajstić information content (AvgIpc) is 2.26. The molecule has 82 valence electrons. The van der Waals surface area contributed by atoms with E-state index in [1.165, 1.54) is 6.20 Å². The van der Waals surface area contributed by atoms with Crippen LogP contribution in [0.5, 0.6) is 0 Å². The summed E-state index contributed by atoms with van der Waals surface area (Å²) in [5.41, 5.74) is 0.535. The molecule has 0 fully saturated rings. The average molecular weight is 245 g/mol. The Labute approximate surface area is 98.6 Å². The molecule has 5 heteroatoms. The number of nitrogens with zero attached hydrogens (tertiary/aromatic N) is 1. The van der Waals surface area contributed by atoms with Crippen LogP contribution in [0.25, 0.3) is 0 Å². The summed E-state index contributed by atoms with van der Waals surface area (Å²) in [6.07, 6.45) is 3.49. The molecule has 1 aromatic rings. The Bertz CT molecular complexity index is 329. The summed E-state index contributed by atoms with van der Waals surface area (Å²) in [6.45, 7) is 2.72. The molecule has 1 atom stereocenters. The number of rotatable bonds is 4. The molecule has 0 bridgehead atoms. The zero-order chi connectivity index (χ0) is 11.3. The second kappa shape index (κ2) is 5.98. The fraction of sp³-hybridized carbons (Fsp3) is 0.400. The first kappa shape index (κ1) is 12.3. The summed E-state index contributed by atoms with van der Waals surface area (Å²) in [4.78, 5) is 15.4. The van der Waals surface area contributed by atoms with Crippen molar-refractivity contribution < 1.29 is 4.79 Å². The number of amides is 1. The highest BCUT2D eigenvalue weighted by molar-refractivity contribution is 7.99. The monoisotopic (exact) mass is 244 g/mol. The van der Waals surface area contributed by atoms with Crippen LogP contribution in [-0.4, -0.2) is 28.9 Å². The van der Waals surface area contributed by atoms with E-state index in [0.717, 1.165) is 0 Å². The van der Waals surface area contributed by atoms with E-state index in [2.05, 4.69) is 17.2 Å². The van der Waals surface area contributed by atoms with E-state index in [9.17, 15) is 4.79 Å². The molecule has 1 heterocycles. The van der Waals surface area contributed by atoms with Gasteiger partial charge >= 0.3 is 0 Å². The van der Waals surface area contributed by atoms with Crippen LogP contribution < -0.4 is 5.32 Å². The zero-order valence-corrected chi connectivity index (χ0v) is 10.2. The number of hydrogen-bond acceptors (Lipinski definition) is 3. The minimum absolute atomic E-state index is 0.111. The number of nitrogens with one attached hydrogen (secondary N) is 1. The first-order chi connectivity index (χ1) is 7.13. The Balaban J connectivity index is 2.50. The first-order valence-electron chi connectivity index (χ1n) is 4.56. The van der Waals surface area contributed by atoms with Crippen LogP contribution in [0.4, 0.5) is 0 Å². The summed E-state index contributed by atoms with van der Waals surface area (Å²) in [7, 11) is 0. The Kier molecular flexibility index (Phi) is 4.91. The minimum Gasteiger partial charge on any atom is -0.351 e. The number of thioether (sulfide) groups is 1. The highest BCUT2D eigenvalue weighted by Crippen LogP contribution is 2.06. The molecule has 3 nitrogen and oxygen atoms in total. The van der Waals surface area contributed by atoms with Gasteiger partial charge in [-0.25, -0.2) is 4.98 Å². The lowest BCUT2D eigenvalue weighted by Crippen LogP contribution is -2.29. The van der Waals surface area contributed by atoms with Gasteiger partial charge < -0.3 is 5.32 Å². The normalized spacial score (nSPS) is 12.2. The summed E-state index contributed by atoms with van der Waals surface area (Å²) in [5, 5.41) is 3.63.